The maximum atomic E-state index is 13.9. The Morgan fingerprint density at radius 1 is 0.712 bits per heavy atom. The quantitative estimate of drug-likeness (QED) is 0.120. The monoisotopic (exact) mass is 792 g/mol. The minimum atomic E-state index is -0.680. The van der Waals surface area contributed by atoms with Crippen LogP contribution >= 0.6 is 0 Å². The first kappa shape index (κ1) is 39.6. The third kappa shape index (κ3) is 8.09. The topological polar surface area (TPSA) is 140 Å². The summed E-state index contributed by atoms with van der Waals surface area (Å²) in [4.78, 5) is 61.9. The van der Waals surface area contributed by atoms with E-state index in [1.807, 2.05) is 85.4 Å². The van der Waals surface area contributed by atoms with Crippen LogP contribution in [0.4, 0.5) is 4.79 Å². The highest BCUT2D eigenvalue weighted by atomic mass is 16.5. The molecule has 2 aromatic heterocycles. The number of rotatable bonds is 11. The first-order valence-corrected chi connectivity index (χ1v) is 20.5. The number of likely N-dealkylation sites (tertiary alicyclic amines) is 2. The van der Waals surface area contributed by atoms with Gasteiger partial charge in [-0.1, -0.05) is 92.7 Å². The van der Waals surface area contributed by atoms with E-state index in [0.29, 0.717) is 13.1 Å². The Labute approximate surface area is 345 Å². The van der Waals surface area contributed by atoms with Gasteiger partial charge < -0.3 is 29.8 Å². The summed E-state index contributed by atoms with van der Waals surface area (Å²) in [5, 5.41) is 4.94. The summed E-state index contributed by atoms with van der Waals surface area (Å²) in [6.07, 6.45) is 6.55. The Morgan fingerprint density at radius 3 is 1.81 bits per heavy atom. The van der Waals surface area contributed by atoms with Crippen LogP contribution < -0.4 is 5.32 Å². The molecular weight excluding hydrogens is 741 g/mol. The van der Waals surface area contributed by atoms with Crippen molar-refractivity contribution in [1.82, 2.24) is 40.0 Å². The van der Waals surface area contributed by atoms with Crippen molar-refractivity contribution in [3.05, 3.63) is 121 Å². The number of nitrogens with zero attached hydrogens (tertiary/aromatic N) is 5. The standard InChI is InChI=1S/C47H52N8O4/c1-29(2)41(52-47(58)59-5)45(56)54-23-9-13-39(54)43-49-28-38(51-43)36-22-21-34-25-33(19-20-35(34)26-36)30-15-17-31(18-16-30)37-27-48-44(50-37)40-14-10-24-55(40)46(57)42(53(3)4)32-11-7-6-8-12-32/h6-8,11-12,15-22,25-29,39-42H,9-10,13-14,23-24H2,1-5H3,(H,48,50)(H,49,51)(H,52,58)/t39-,40-,41?,42+/m0/s1. The Kier molecular flexibility index (Phi) is 11.3. The molecule has 2 aliphatic rings. The number of hydrogen-bond acceptors (Lipinski definition) is 7. The van der Waals surface area contributed by atoms with Gasteiger partial charge in [0.1, 0.15) is 23.7 Å². The van der Waals surface area contributed by atoms with Crippen LogP contribution in [0.1, 0.15) is 74.9 Å². The minimum absolute atomic E-state index is 0.0932. The van der Waals surface area contributed by atoms with Crippen LogP contribution in [0.15, 0.2) is 103 Å². The van der Waals surface area contributed by atoms with Crippen LogP contribution in [0.3, 0.4) is 0 Å². The van der Waals surface area contributed by atoms with Gasteiger partial charge in [0.05, 0.1) is 43.0 Å². The predicted molar refractivity (Wildman–Crippen MR) is 229 cm³/mol. The number of imidazole rings is 2. The average molecular weight is 793 g/mol. The summed E-state index contributed by atoms with van der Waals surface area (Å²) < 4.78 is 4.77. The lowest BCUT2D eigenvalue weighted by molar-refractivity contribution is -0.137. The van der Waals surface area contributed by atoms with Crippen LogP contribution in [-0.4, -0.2) is 92.9 Å². The number of carbonyl (C=O) groups excluding carboxylic acids is 3. The molecule has 2 aliphatic heterocycles. The number of hydrogen-bond donors (Lipinski definition) is 3. The molecule has 12 heteroatoms. The fourth-order valence-electron chi connectivity index (χ4n) is 8.70. The van der Waals surface area contributed by atoms with Gasteiger partial charge >= 0.3 is 6.09 Å². The lowest BCUT2D eigenvalue weighted by Gasteiger charge is -2.31. The van der Waals surface area contributed by atoms with Crippen molar-refractivity contribution >= 4 is 28.7 Å². The maximum absolute atomic E-state index is 13.9. The molecule has 8 rings (SSSR count). The molecule has 3 amide bonds. The van der Waals surface area contributed by atoms with Gasteiger partial charge in [0.15, 0.2) is 0 Å². The molecule has 0 aliphatic carbocycles. The molecule has 4 heterocycles. The van der Waals surface area contributed by atoms with Crippen LogP contribution in [-0.2, 0) is 14.3 Å². The first-order valence-electron chi connectivity index (χ1n) is 20.5. The third-order valence-corrected chi connectivity index (χ3v) is 11.8. The molecule has 1 unspecified atom stereocenters. The van der Waals surface area contributed by atoms with Crippen LogP contribution in [0, 0.1) is 5.92 Å². The number of nitrogens with one attached hydrogen (secondary N) is 3. The second-order valence-electron chi connectivity index (χ2n) is 16.2. The number of aromatic amines is 2. The van der Waals surface area contributed by atoms with E-state index in [9.17, 15) is 14.4 Å². The van der Waals surface area contributed by atoms with E-state index in [0.717, 1.165) is 87.3 Å². The molecule has 2 saturated heterocycles. The Morgan fingerprint density at radius 2 is 1.24 bits per heavy atom. The van der Waals surface area contributed by atoms with Gasteiger partial charge in [-0.3, -0.25) is 14.5 Å². The van der Waals surface area contributed by atoms with Gasteiger partial charge in [0, 0.05) is 18.7 Å². The summed E-state index contributed by atoms with van der Waals surface area (Å²) in [6.45, 7) is 5.14. The van der Waals surface area contributed by atoms with Gasteiger partial charge in [-0.2, -0.15) is 0 Å². The highest BCUT2D eigenvalue weighted by molar-refractivity contribution is 5.91. The van der Waals surface area contributed by atoms with E-state index >= 15 is 0 Å². The molecule has 59 heavy (non-hydrogen) atoms. The Hall–Kier alpha value is -6.27. The number of ether oxygens (including phenoxy) is 1. The highest BCUT2D eigenvalue weighted by Crippen LogP contribution is 2.37. The summed E-state index contributed by atoms with van der Waals surface area (Å²) in [6, 6.07) is 30.0. The zero-order chi connectivity index (χ0) is 41.2. The minimum Gasteiger partial charge on any atom is -0.453 e. The van der Waals surface area contributed by atoms with Crippen molar-refractivity contribution in [1.29, 1.82) is 0 Å². The number of fused-ring (bicyclic) bond motifs is 1. The van der Waals surface area contributed by atoms with Crippen molar-refractivity contribution in [3.63, 3.8) is 0 Å². The van der Waals surface area contributed by atoms with Crippen molar-refractivity contribution in [2.45, 2.75) is 63.7 Å². The van der Waals surface area contributed by atoms with Crippen LogP contribution in [0.25, 0.3) is 44.4 Å². The molecule has 3 N–H and O–H groups in total. The molecule has 0 radical (unpaired) electrons. The van der Waals surface area contributed by atoms with Gasteiger partial charge in [-0.25, -0.2) is 14.8 Å². The molecule has 6 aromatic rings. The number of benzene rings is 4. The predicted octanol–water partition coefficient (Wildman–Crippen LogP) is 8.30. The second-order valence-corrected chi connectivity index (χ2v) is 16.2. The van der Waals surface area contributed by atoms with E-state index in [-0.39, 0.29) is 35.9 Å². The van der Waals surface area contributed by atoms with Gasteiger partial charge in [0.25, 0.3) is 0 Å². The number of likely N-dealkylation sites (N-methyl/N-ethyl adjacent to an activating group) is 1. The fraction of sp³-hybridized carbons (Fsp3) is 0.340. The normalized spacial score (nSPS) is 17.8. The molecule has 4 atom stereocenters. The molecule has 0 saturated carbocycles. The van der Waals surface area contributed by atoms with Crippen molar-refractivity contribution < 1.29 is 19.1 Å². The zero-order valence-electron chi connectivity index (χ0n) is 34.3. The van der Waals surface area contributed by atoms with E-state index in [1.165, 1.54) is 7.11 Å². The number of amides is 3. The van der Waals surface area contributed by atoms with E-state index in [4.69, 9.17) is 14.7 Å². The second kappa shape index (κ2) is 16.9. The summed E-state index contributed by atoms with van der Waals surface area (Å²) in [5.74, 6) is 1.43. The van der Waals surface area contributed by atoms with Gasteiger partial charge in [0.2, 0.25) is 11.8 Å². The van der Waals surface area contributed by atoms with Crippen LogP contribution in [0.2, 0.25) is 0 Å². The van der Waals surface area contributed by atoms with Crippen molar-refractivity contribution in [2.24, 2.45) is 5.92 Å². The van der Waals surface area contributed by atoms with E-state index in [1.54, 1.807) is 0 Å². The molecular formula is C47H52N8O4. The number of carbonyl (C=O) groups is 3. The van der Waals surface area contributed by atoms with E-state index in [2.05, 4.69) is 75.9 Å². The van der Waals surface area contributed by atoms with Crippen LogP contribution in [0.5, 0.6) is 0 Å². The molecule has 0 bridgehead atoms. The Balaban J connectivity index is 0.944. The van der Waals surface area contributed by atoms with E-state index < -0.39 is 12.1 Å². The van der Waals surface area contributed by atoms with Gasteiger partial charge in [-0.05, 0) is 90.9 Å². The molecule has 2 fully saturated rings. The van der Waals surface area contributed by atoms with Crippen molar-refractivity contribution in [2.75, 3.05) is 34.3 Å². The summed E-state index contributed by atoms with van der Waals surface area (Å²) in [7, 11) is 5.21. The average Bonchev–Trinajstić information content (AvgIpc) is 4.09. The summed E-state index contributed by atoms with van der Waals surface area (Å²) in [5.41, 5.74) is 7.07. The molecule has 4 aromatic carbocycles. The Bertz CT molecular complexity index is 2440. The van der Waals surface area contributed by atoms with Crippen molar-refractivity contribution in [3.8, 4) is 33.6 Å². The fourth-order valence-corrected chi connectivity index (χ4v) is 8.70. The largest absolute Gasteiger partial charge is 0.453 e. The number of alkyl carbamates (subject to hydrolysis) is 1. The molecule has 12 nitrogen and oxygen atoms in total. The summed E-state index contributed by atoms with van der Waals surface area (Å²) >= 11 is 0. The highest BCUT2D eigenvalue weighted by Gasteiger charge is 2.38. The number of aromatic nitrogens is 4. The SMILES string of the molecule is COC(=O)NC(C(=O)N1CCC[C@H]1c1ncc(-c2ccc3cc(-c4ccc(-c5cnc([C@@H]6CCCN6C(=O)[C@@H](c6ccccc6)N(C)C)[nH]5)cc4)ccc3c2)[nH]1)C(C)C. The number of H-pyrrole nitrogens is 2. The smallest absolute Gasteiger partial charge is 0.407 e. The lowest BCUT2D eigenvalue weighted by Crippen LogP contribution is -2.51. The molecule has 304 valence electrons. The first-order chi connectivity index (χ1) is 28.6. The zero-order valence-corrected chi connectivity index (χ0v) is 34.3. The maximum Gasteiger partial charge on any atom is 0.407 e. The number of methoxy groups -OCH3 is 1. The lowest BCUT2D eigenvalue weighted by atomic mass is 9.98. The molecule has 0 spiro atoms. The third-order valence-electron chi connectivity index (χ3n) is 11.8. The van der Waals surface area contributed by atoms with Gasteiger partial charge in [-0.15, -0.1) is 0 Å².